The van der Waals surface area contributed by atoms with Gasteiger partial charge in [-0.05, 0) is 62.3 Å². The molecule has 88 valence electrons. The zero-order valence-electron chi connectivity index (χ0n) is 10.5. The summed E-state index contributed by atoms with van der Waals surface area (Å²) in [5.74, 6) is 1.05. The van der Waals surface area contributed by atoms with Crippen molar-refractivity contribution >= 4 is 0 Å². The first-order valence-electron chi connectivity index (χ1n) is 5.98. The van der Waals surface area contributed by atoms with E-state index in [0.29, 0.717) is 0 Å². The Bertz CT molecular complexity index is 390. The number of rotatable bonds is 3. The van der Waals surface area contributed by atoms with Crippen molar-refractivity contribution in [2.45, 2.75) is 45.1 Å². The Morgan fingerprint density at radius 2 is 1.94 bits per heavy atom. The highest BCUT2D eigenvalue weighted by atomic mass is 16.5. The third kappa shape index (κ3) is 2.22. The molecular weight excluding hydrogens is 198 g/mol. The molecule has 1 aliphatic carbocycles. The molecule has 0 atom stereocenters. The fraction of sp³-hybridized carbons (Fsp3) is 0.571. The average molecular weight is 219 g/mol. The monoisotopic (exact) mass is 219 g/mol. The first kappa shape index (κ1) is 11.5. The minimum Gasteiger partial charge on any atom is -0.496 e. The average Bonchev–Trinajstić information content (AvgIpc) is 2.65. The van der Waals surface area contributed by atoms with E-state index in [1.807, 2.05) is 0 Å². The van der Waals surface area contributed by atoms with Crippen LogP contribution in [0.3, 0.4) is 0 Å². The predicted octanol–water partition coefficient (Wildman–Crippen LogP) is 2.46. The summed E-state index contributed by atoms with van der Waals surface area (Å²) in [6.45, 7) is 4.16. The first-order valence-corrected chi connectivity index (χ1v) is 5.98. The molecule has 1 aliphatic rings. The third-order valence-corrected chi connectivity index (χ3v) is 3.20. The molecule has 0 aromatic heterocycles. The molecule has 0 aliphatic heterocycles. The lowest BCUT2D eigenvalue weighted by atomic mass is 9.91. The molecule has 0 saturated carbocycles. The molecule has 1 aromatic carbocycles. The SMILES string of the molecule is COc1ccc(CC(C)(C)N)c2c1CCC2. The van der Waals surface area contributed by atoms with Crippen LogP contribution in [0.2, 0.25) is 0 Å². The van der Waals surface area contributed by atoms with E-state index in [0.717, 1.165) is 18.6 Å². The van der Waals surface area contributed by atoms with Gasteiger partial charge in [-0.3, -0.25) is 0 Å². The van der Waals surface area contributed by atoms with Crippen molar-refractivity contribution in [1.82, 2.24) is 0 Å². The Morgan fingerprint density at radius 1 is 1.25 bits per heavy atom. The standard InChI is InChI=1S/C14H21NO/c1-14(2,15)9-10-7-8-13(16-3)12-6-4-5-11(10)12/h7-8H,4-6,9,15H2,1-3H3. The maximum Gasteiger partial charge on any atom is 0.122 e. The van der Waals surface area contributed by atoms with Crippen molar-refractivity contribution in [1.29, 1.82) is 0 Å². The summed E-state index contributed by atoms with van der Waals surface area (Å²) < 4.78 is 5.41. The molecule has 0 amide bonds. The summed E-state index contributed by atoms with van der Waals surface area (Å²) in [6.07, 6.45) is 4.52. The highest BCUT2D eigenvalue weighted by molar-refractivity contribution is 5.48. The van der Waals surface area contributed by atoms with Gasteiger partial charge in [-0.25, -0.2) is 0 Å². The van der Waals surface area contributed by atoms with E-state index >= 15 is 0 Å². The zero-order chi connectivity index (χ0) is 11.8. The van der Waals surface area contributed by atoms with Crippen molar-refractivity contribution in [2.24, 2.45) is 5.73 Å². The second kappa shape index (κ2) is 4.10. The number of methoxy groups -OCH3 is 1. The molecule has 2 rings (SSSR count). The van der Waals surface area contributed by atoms with E-state index in [1.54, 1.807) is 7.11 Å². The lowest BCUT2D eigenvalue weighted by molar-refractivity contribution is 0.410. The van der Waals surface area contributed by atoms with E-state index < -0.39 is 0 Å². The normalized spacial score (nSPS) is 15.0. The highest BCUT2D eigenvalue weighted by Crippen LogP contribution is 2.34. The molecule has 0 bridgehead atoms. The van der Waals surface area contributed by atoms with Gasteiger partial charge in [0.15, 0.2) is 0 Å². The first-order chi connectivity index (χ1) is 7.51. The fourth-order valence-corrected chi connectivity index (χ4v) is 2.60. The molecule has 1 aromatic rings. The lowest BCUT2D eigenvalue weighted by Gasteiger charge is -2.21. The van der Waals surface area contributed by atoms with E-state index in [4.69, 9.17) is 10.5 Å². The molecule has 0 unspecified atom stereocenters. The number of fused-ring (bicyclic) bond motifs is 1. The number of ether oxygens (including phenoxy) is 1. The van der Waals surface area contributed by atoms with E-state index in [2.05, 4.69) is 26.0 Å². The van der Waals surface area contributed by atoms with Crippen LogP contribution in [0.25, 0.3) is 0 Å². The number of hydrogen-bond donors (Lipinski definition) is 1. The summed E-state index contributed by atoms with van der Waals surface area (Å²) in [5, 5.41) is 0. The van der Waals surface area contributed by atoms with E-state index in [9.17, 15) is 0 Å². The van der Waals surface area contributed by atoms with Gasteiger partial charge in [0.1, 0.15) is 5.75 Å². The van der Waals surface area contributed by atoms with Crippen LogP contribution in [0.15, 0.2) is 12.1 Å². The number of benzene rings is 1. The van der Waals surface area contributed by atoms with Crippen molar-refractivity contribution in [2.75, 3.05) is 7.11 Å². The van der Waals surface area contributed by atoms with Crippen LogP contribution in [0.4, 0.5) is 0 Å². The van der Waals surface area contributed by atoms with Crippen molar-refractivity contribution in [3.63, 3.8) is 0 Å². The molecule has 0 saturated heterocycles. The van der Waals surface area contributed by atoms with Crippen LogP contribution in [0.5, 0.6) is 5.75 Å². The minimum absolute atomic E-state index is 0.134. The van der Waals surface area contributed by atoms with Gasteiger partial charge in [0.05, 0.1) is 7.11 Å². The molecule has 0 fully saturated rings. The molecular formula is C14H21NO. The molecule has 0 spiro atoms. The van der Waals surface area contributed by atoms with Gasteiger partial charge in [0, 0.05) is 5.54 Å². The number of hydrogen-bond acceptors (Lipinski definition) is 2. The Labute approximate surface area is 97.8 Å². The van der Waals surface area contributed by atoms with Crippen molar-refractivity contribution < 1.29 is 4.74 Å². The quantitative estimate of drug-likeness (QED) is 0.847. The molecule has 16 heavy (non-hydrogen) atoms. The Balaban J connectivity index is 2.38. The fourth-order valence-electron chi connectivity index (χ4n) is 2.60. The van der Waals surface area contributed by atoms with Gasteiger partial charge in [-0.2, -0.15) is 0 Å². The maximum atomic E-state index is 6.10. The summed E-state index contributed by atoms with van der Waals surface area (Å²) >= 11 is 0. The lowest BCUT2D eigenvalue weighted by Crippen LogP contribution is -2.34. The summed E-state index contributed by atoms with van der Waals surface area (Å²) in [6, 6.07) is 4.27. The van der Waals surface area contributed by atoms with Crippen LogP contribution in [-0.2, 0) is 19.3 Å². The molecule has 2 nitrogen and oxygen atoms in total. The van der Waals surface area contributed by atoms with Gasteiger partial charge in [0.2, 0.25) is 0 Å². The second-order valence-corrected chi connectivity index (χ2v) is 5.40. The van der Waals surface area contributed by atoms with Gasteiger partial charge in [-0.1, -0.05) is 6.07 Å². The largest absolute Gasteiger partial charge is 0.496 e. The van der Waals surface area contributed by atoms with Crippen LogP contribution >= 0.6 is 0 Å². The van der Waals surface area contributed by atoms with Crippen molar-refractivity contribution in [3.8, 4) is 5.75 Å². The summed E-state index contributed by atoms with van der Waals surface area (Å²) in [5.41, 5.74) is 10.3. The third-order valence-electron chi connectivity index (χ3n) is 3.20. The summed E-state index contributed by atoms with van der Waals surface area (Å²) in [7, 11) is 1.75. The Morgan fingerprint density at radius 3 is 2.56 bits per heavy atom. The summed E-state index contributed by atoms with van der Waals surface area (Å²) in [4.78, 5) is 0. The van der Waals surface area contributed by atoms with Crippen LogP contribution < -0.4 is 10.5 Å². The molecule has 0 radical (unpaired) electrons. The molecule has 2 N–H and O–H groups in total. The van der Waals surface area contributed by atoms with Gasteiger partial charge < -0.3 is 10.5 Å². The molecule has 2 heteroatoms. The van der Waals surface area contributed by atoms with Crippen LogP contribution in [0, 0.1) is 0 Å². The Kier molecular flexibility index (Phi) is 2.94. The second-order valence-electron chi connectivity index (χ2n) is 5.40. The smallest absolute Gasteiger partial charge is 0.122 e. The van der Waals surface area contributed by atoms with Gasteiger partial charge >= 0.3 is 0 Å². The van der Waals surface area contributed by atoms with Crippen LogP contribution in [-0.4, -0.2) is 12.6 Å². The zero-order valence-corrected chi connectivity index (χ0v) is 10.5. The minimum atomic E-state index is -0.134. The topological polar surface area (TPSA) is 35.2 Å². The predicted molar refractivity (Wildman–Crippen MR) is 67.0 cm³/mol. The van der Waals surface area contributed by atoms with Crippen molar-refractivity contribution in [3.05, 3.63) is 28.8 Å². The van der Waals surface area contributed by atoms with E-state index in [1.165, 1.54) is 29.5 Å². The highest BCUT2D eigenvalue weighted by Gasteiger charge is 2.22. The van der Waals surface area contributed by atoms with Crippen LogP contribution in [0.1, 0.15) is 37.0 Å². The van der Waals surface area contributed by atoms with Gasteiger partial charge in [-0.15, -0.1) is 0 Å². The van der Waals surface area contributed by atoms with Gasteiger partial charge in [0.25, 0.3) is 0 Å². The maximum absolute atomic E-state index is 6.10. The van der Waals surface area contributed by atoms with E-state index in [-0.39, 0.29) is 5.54 Å². The molecule has 0 heterocycles. The number of nitrogens with two attached hydrogens (primary N) is 1. The Hall–Kier alpha value is -1.02.